The summed E-state index contributed by atoms with van der Waals surface area (Å²) in [5.41, 5.74) is 2.88. The van der Waals surface area contributed by atoms with Crippen LogP contribution < -0.4 is 5.32 Å². The van der Waals surface area contributed by atoms with Crippen molar-refractivity contribution in [2.24, 2.45) is 0 Å². The SMILES string of the molecule is COC(=O)c1ccc(C)c(NC(=O)CN2CCN(Cc3cc(C)on3)CC2)c1. The van der Waals surface area contributed by atoms with Gasteiger partial charge in [0.05, 0.1) is 24.9 Å². The zero-order valence-corrected chi connectivity index (χ0v) is 16.5. The Kier molecular flexibility index (Phi) is 6.43. The number of amides is 1. The lowest BCUT2D eigenvalue weighted by Gasteiger charge is -2.33. The third kappa shape index (κ3) is 5.17. The number of carbonyl (C=O) groups excluding carboxylic acids is 2. The Labute approximate surface area is 164 Å². The van der Waals surface area contributed by atoms with Crippen molar-refractivity contribution < 1.29 is 18.8 Å². The van der Waals surface area contributed by atoms with E-state index in [4.69, 9.17) is 9.26 Å². The fourth-order valence-corrected chi connectivity index (χ4v) is 3.22. The second-order valence-corrected chi connectivity index (χ2v) is 7.05. The van der Waals surface area contributed by atoms with Crippen LogP contribution in [0.15, 0.2) is 28.8 Å². The number of hydrogen-bond acceptors (Lipinski definition) is 7. The Balaban J connectivity index is 1.49. The summed E-state index contributed by atoms with van der Waals surface area (Å²) in [6, 6.07) is 7.08. The van der Waals surface area contributed by atoms with Crippen LogP contribution in [0.4, 0.5) is 5.69 Å². The van der Waals surface area contributed by atoms with Crippen LogP contribution >= 0.6 is 0 Å². The van der Waals surface area contributed by atoms with Gasteiger partial charge in [-0.05, 0) is 31.5 Å². The maximum Gasteiger partial charge on any atom is 0.337 e. The minimum absolute atomic E-state index is 0.0920. The van der Waals surface area contributed by atoms with Crippen LogP contribution in [0.3, 0.4) is 0 Å². The average molecular weight is 386 g/mol. The van der Waals surface area contributed by atoms with Gasteiger partial charge in [0.1, 0.15) is 5.76 Å². The van der Waals surface area contributed by atoms with E-state index in [1.54, 1.807) is 18.2 Å². The van der Waals surface area contributed by atoms with E-state index < -0.39 is 5.97 Å². The number of nitrogens with zero attached hydrogens (tertiary/aromatic N) is 3. The Morgan fingerprint density at radius 3 is 2.50 bits per heavy atom. The number of piperazine rings is 1. The molecule has 0 bridgehead atoms. The number of nitrogens with one attached hydrogen (secondary N) is 1. The fourth-order valence-electron chi connectivity index (χ4n) is 3.22. The van der Waals surface area contributed by atoms with Crippen LogP contribution in [-0.4, -0.2) is 66.7 Å². The Bertz CT molecular complexity index is 840. The molecular weight excluding hydrogens is 360 g/mol. The number of hydrogen-bond donors (Lipinski definition) is 1. The van der Waals surface area contributed by atoms with Gasteiger partial charge >= 0.3 is 5.97 Å². The van der Waals surface area contributed by atoms with E-state index in [1.165, 1.54) is 7.11 Å². The third-order valence-electron chi connectivity index (χ3n) is 4.83. The summed E-state index contributed by atoms with van der Waals surface area (Å²) in [6.45, 7) is 8.22. The van der Waals surface area contributed by atoms with Gasteiger partial charge in [-0.2, -0.15) is 0 Å². The second kappa shape index (κ2) is 8.99. The molecule has 8 nitrogen and oxygen atoms in total. The van der Waals surface area contributed by atoms with Gasteiger partial charge in [0.15, 0.2) is 0 Å². The van der Waals surface area contributed by atoms with Gasteiger partial charge in [0.2, 0.25) is 5.91 Å². The molecule has 8 heteroatoms. The minimum atomic E-state index is -0.422. The Morgan fingerprint density at radius 2 is 1.86 bits per heavy atom. The largest absolute Gasteiger partial charge is 0.465 e. The monoisotopic (exact) mass is 386 g/mol. The van der Waals surface area contributed by atoms with Crippen LogP contribution in [0, 0.1) is 13.8 Å². The predicted molar refractivity (Wildman–Crippen MR) is 104 cm³/mol. The highest BCUT2D eigenvalue weighted by Crippen LogP contribution is 2.18. The lowest BCUT2D eigenvalue weighted by molar-refractivity contribution is -0.117. The van der Waals surface area contributed by atoms with Crippen LogP contribution in [0.1, 0.15) is 27.4 Å². The van der Waals surface area contributed by atoms with Crippen molar-refractivity contribution in [2.75, 3.05) is 45.2 Å². The lowest BCUT2D eigenvalue weighted by Crippen LogP contribution is -2.48. The van der Waals surface area contributed by atoms with Crippen LogP contribution in [0.5, 0.6) is 0 Å². The molecule has 0 unspecified atom stereocenters. The summed E-state index contributed by atoms with van der Waals surface area (Å²) in [5, 5.41) is 6.94. The summed E-state index contributed by atoms with van der Waals surface area (Å²) in [4.78, 5) is 28.6. The van der Waals surface area contributed by atoms with E-state index in [2.05, 4.69) is 20.3 Å². The van der Waals surface area contributed by atoms with Gasteiger partial charge in [0, 0.05) is 44.5 Å². The zero-order chi connectivity index (χ0) is 20.1. The standard InChI is InChI=1S/C20H26N4O4/c1-14-4-5-16(20(26)27-3)11-18(14)21-19(25)13-24-8-6-23(7-9-24)12-17-10-15(2)28-22-17/h4-5,10-11H,6-9,12-13H2,1-3H3,(H,21,25). The van der Waals surface area contributed by atoms with E-state index in [9.17, 15) is 9.59 Å². The number of esters is 1. The van der Waals surface area contributed by atoms with Crippen molar-refractivity contribution in [3.05, 3.63) is 46.8 Å². The first-order valence-electron chi connectivity index (χ1n) is 9.30. The first kappa shape index (κ1) is 20.0. The van der Waals surface area contributed by atoms with E-state index in [1.807, 2.05) is 19.9 Å². The van der Waals surface area contributed by atoms with E-state index >= 15 is 0 Å². The van der Waals surface area contributed by atoms with Crippen molar-refractivity contribution in [2.45, 2.75) is 20.4 Å². The summed E-state index contributed by atoms with van der Waals surface area (Å²) < 4.78 is 9.84. The molecule has 150 valence electrons. The Morgan fingerprint density at radius 1 is 1.14 bits per heavy atom. The molecule has 1 aromatic carbocycles. The van der Waals surface area contributed by atoms with Gasteiger partial charge in [-0.3, -0.25) is 14.6 Å². The van der Waals surface area contributed by atoms with Crippen molar-refractivity contribution >= 4 is 17.6 Å². The Hall–Kier alpha value is -2.71. The van der Waals surface area contributed by atoms with Crippen LogP contribution in [0.25, 0.3) is 0 Å². The molecule has 0 aliphatic carbocycles. The van der Waals surface area contributed by atoms with E-state index in [0.29, 0.717) is 17.8 Å². The molecule has 1 aromatic heterocycles. The second-order valence-electron chi connectivity index (χ2n) is 7.05. The van der Waals surface area contributed by atoms with Crippen molar-refractivity contribution in [1.29, 1.82) is 0 Å². The molecule has 1 aliphatic rings. The highest BCUT2D eigenvalue weighted by atomic mass is 16.5. The summed E-state index contributed by atoms with van der Waals surface area (Å²) in [7, 11) is 1.34. The molecule has 3 rings (SSSR count). The average Bonchev–Trinajstić information content (AvgIpc) is 3.09. The fraction of sp³-hybridized carbons (Fsp3) is 0.450. The molecule has 0 atom stereocenters. The van der Waals surface area contributed by atoms with Crippen LogP contribution in [-0.2, 0) is 16.1 Å². The number of methoxy groups -OCH3 is 1. The third-order valence-corrected chi connectivity index (χ3v) is 4.83. The zero-order valence-electron chi connectivity index (χ0n) is 16.5. The first-order valence-corrected chi connectivity index (χ1v) is 9.30. The summed E-state index contributed by atoms with van der Waals surface area (Å²) in [6.07, 6.45) is 0. The molecule has 1 saturated heterocycles. The number of ether oxygens (including phenoxy) is 1. The van der Waals surface area contributed by atoms with E-state index in [0.717, 1.165) is 49.7 Å². The van der Waals surface area contributed by atoms with E-state index in [-0.39, 0.29) is 5.91 Å². The molecule has 2 heterocycles. The molecule has 0 spiro atoms. The lowest BCUT2D eigenvalue weighted by atomic mass is 10.1. The normalized spacial score (nSPS) is 15.4. The number of rotatable bonds is 6. The highest BCUT2D eigenvalue weighted by Gasteiger charge is 2.20. The molecule has 0 radical (unpaired) electrons. The van der Waals surface area contributed by atoms with Gasteiger partial charge in [-0.1, -0.05) is 11.2 Å². The number of carbonyl (C=O) groups is 2. The number of benzene rings is 1. The molecule has 1 N–H and O–H groups in total. The van der Waals surface area contributed by atoms with Crippen molar-refractivity contribution in [3.8, 4) is 0 Å². The van der Waals surface area contributed by atoms with Crippen molar-refractivity contribution in [3.63, 3.8) is 0 Å². The molecule has 1 amide bonds. The quantitative estimate of drug-likeness (QED) is 0.758. The van der Waals surface area contributed by atoms with Gasteiger partial charge in [-0.25, -0.2) is 4.79 Å². The van der Waals surface area contributed by atoms with Gasteiger partial charge < -0.3 is 14.6 Å². The first-order chi connectivity index (χ1) is 13.4. The smallest absolute Gasteiger partial charge is 0.337 e. The number of aryl methyl sites for hydroxylation is 2. The summed E-state index contributed by atoms with van der Waals surface area (Å²) >= 11 is 0. The topological polar surface area (TPSA) is 87.9 Å². The summed E-state index contributed by atoms with van der Waals surface area (Å²) in [5.74, 6) is 0.302. The number of aromatic nitrogens is 1. The number of anilines is 1. The van der Waals surface area contributed by atoms with Crippen molar-refractivity contribution in [1.82, 2.24) is 15.0 Å². The van der Waals surface area contributed by atoms with Gasteiger partial charge in [0.25, 0.3) is 0 Å². The molecule has 1 aliphatic heterocycles. The molecular formula is C20H26N4O4. The minimum Gasteiger partial charge on any atom is -0.465 e. The maximum atomic E-state index is 12.5. The molecule has 0 saturated carbocycles. The molecule has 1 fully saturated rings. The van der Waals surface area contributed by atoms with Gasteiger partial charge in [-0.15, -0.1) is 0 Å². The maximum absolute atomic E-state index is 12.5. The predicted octanol–water partition coefficient (Wildman–Crippen LogP) is 1.83. The molecule has 28 heavy (non-hydrogen) atoms. The van der Waals surface area contributed by atoms with Crippen LogP contribution in [0.2, 0.25) is 0 Å². The molecule has 2 aromatic rings. The highest BCUT2D eigenvalue weighted by molar-refractivity contribution is 5.96.